The van der Waals surface area contributed by atoms with E-state index in [1.807, 2.05) is 25.3 Å². The molecule has 0 bridgehead atoms. The first kappa shape index (κ1) is 16.0. The summed E-state index contributed by atoms with van der Waals surface area (Å²) >= 11 is 6.20. The molecule has 2 unspecified atom stereocenters. The summed E-state index contributed by atoms with van der Waals surface area (Å²) in [5.74, 6) is 0.466. The Morgan fingerprint density at radius 2 is 2.10 bits per heavy atom. The third kappa shape index (κ3) is 3.30. The molecule has 2 rings (SSSR count). The maximum absolute atomic E-state index is 13.8. The molecule has 0 N–H and O–H groups in total. The van der Waals surface area contributed by atoms with E-state index in [1.165, 1.54) is 13.2 Å². The first-order chi connectivity index (χ1) is 9.97. The lowest BCUT2D eigenvalue weighted by Crippen LogP contribution is -2.18. The number of ether oxygens (including phenoxy) is 2. The van der Waals surface area contributed by atoms with Crippen molar-refractivity contribution in [3.05, 3.63) is 23.8 Å². The number of methoxy groups -OCH3 is 1. The zero-order valence-electron chi connectivity index (χ0n) is 12.7. The first-order valence-electron chi connectivity index (χ1n) is 6.97. The van der Waals surface area contributed by atoms with Gasteiger partial charge in [0.2, 0.25) is 0 Å². The molecule has 0 aliphatic heterocycles. The Kier molecular flexibility index (Phi) is 5.06. The monoisotopic (exact) mass is 314 g/mol. The zero-order chi connectivity index (χ0) is 15.6. The number of fused-ring (bicyclic) bond motifs is 1. The lowest BCUT2D eigenvalue weighted by molar-refractivity contribution is 0.0642. The molecule has 116 valence electrons. The van der Waals surface area contributed by atoms with Crippen LogP contribution in [0.5, 0.6) is 5.75 Å². The largest absolute Gasteiger partial charge is 0.494 e. The Labute approximate surface area is 128 Å². The number of benzene rings is 1. The van der Waals surface area contributed by atoms with Crippen LogP contribution in [0.25, 0.3) is 11.0 Å². The van der Waals surface area contributed by atoms with Crippen molar-refractivity contribution in [3.8, 4) is 5.75 Å². The number of hydrogen-bond donors (Lipinski definition) is 0. The molecular weight excluding hydrogens is 295 g/mol. The van der Waals surface area contributed by atoms with Crippen LogP contribution < -0.4 is 4.74 Å². The molecule has 2 atom stereocenters. The maximum Gasteiger partial charge on any atom is 0.167 e. The molecule has 0 amide bonds. The van der Waals surface area contributed by atoms with Gasteiger partial charge in [-0.1, -0.05) is 0 Å². The van der Waals surface area contributed by atoms with Crippen molar-refractivity contribution in [1.82, 2.24) is 9.55 Å². The molecule has 0 aliphatic carbocycles. The van der Waals surface area contributed by atoms with Gasteiger partial charge in [-0.2, -0.15) is 0 Å². The SMILES string of the molecule is CCOC(C)Cn1c(C(C)Cl)nc2cc(F)c(OC)cc21. The van der Waals surface area contributed by atoms with Crippen molar-refractivity contribution in [2.45, 2.75) is 38.8 Å². The molecule has 6 heteroatoms. The summed E-state index contributed by atoms with van der Waals surface area (Å²) in [6, 6.07) is 3.03. The van der Waals surface area contributed by atoms with Gasteiger partial charge in [0.05, 0.1) is 36.2 Å². The minimum atomic E-state index is -0.429. The average Bonchev–Trinajstić information content (AvgIpc) is 2.76. The Bertz CT molecular complexity index is 628. The predicted octanol–water partition coefficient (Wildman–Crippen LogP) is 3.91. The minimum Gasteiger partial charge on any atom is -0.494 e. The molecule has 21 heavy (non-hydrogen) atoms. The van der Waals surface area contributed by atoms with Crippen LogP contribution in [0, 0.1) is 5.82 Å². The summed E-state index contributed by atoms with van der Waals surface area (Å²) in [6.45, 7) is 7.02. The van der Waals surface area contributed by atoms with E-state index in [0.717, 1.165) is 5.52 Å². The highest BCUT2D eigenvalue weighted by Gasteiger charge is 2.19. The van der Waals surface area contributed by atoms with Crippen LogP contribution in [0.1, 0.15) is 32.0 Å². The van der Waals surface area contributed by atoms with Crippen molar-refractivity contribution in [2.75, 3.05) is 13.7 Å². The van der Waals surface area contributed by atoms with E-state index in [9.17, 15) is 4.39 Å². The second-order valence-corrected chi connectivity index (χ2v) is 5.59. The maximum atomic E-state index is 13.8. The lowest BCUT2D eigenvalue weighted by atomic mass is 10.2. The third-order valence-electron chi connectivity index (χ3n) is 3.30. The van der Waals surface area contributed by atoms with Gasteiger partial charge in [-0.25, -0.2) is 9.37 Å². The van der Waals surface area contributed by atoms with Gasteiger partial charge >= 0.3 is 0 Å². The summed E-state index contributed by atoms with van der Waals surface area (Å²) < 4.78 is 26.4. The Morgan fingerprint density at radius 3 is 2.67 bits per heavy atom. The fraction of sp³-hybridized carbons (Fsp3) is 0.533. The number of alkyl halides is 1. The Hall–Kier alpha value is -1.33. The van der Waals surface area contributed by atoms with Gasteiger partial charge in [0.15, 0.2) is 11.6 Å². The Morgan fingerprint density at radius 1 is 1.38 bits per heavy atom. The van der Waals surface area contributed by atoms with Crippen LogP contribution in [0.3, 0.4) is 0 Å². The van der Waals surface area contributed by atoms with E-state index < -0.39 is 5.82 Å². The van der Waals surface area contributed by atoms with Crippen LogP contribution in [0.4, 0.5) is 4.39 Å². The van der Waals surface area contributed by atoms with Gasteiger partial charge in [0.1, 0.15) is 5.82 Å². The van der Waals surface area contributed by atoms with Gasteiger partial charge in [-0.05, 0) is 20.8 Å². The molecule has 0 spiro atoms. The number of imidazole rings is 1. The number of hydrogen-bond acceptors (Lipinski definition) is 3. The molecule has 0 radical (unpaired) electrons. The smallest absolute Gasteiger partial charge is 0.167 e. The van der Waals surface area contributed by atoms with Gasteiger partial charge in [-0.3, -0.25) is 0 Å². The van der Waals surface area contributed by atoms with Crippen molar-refractivity contribution in [2.24, 2.45) is 0 Å². The summed E-state index contributed by atoms with van der Waals surface area (Å²) in [6.07, 6.45) is 0.0117. The molecular formula is C15H20ClFN2O2. The molecule has 1 aromatic carbocycles. The van der Waals surface area contributed by atoms with Crippen molar-refractivity contribution < 1.29 is 13.9 Å². The molecule has 1 heterocycles. The average molecular weight is 315 g/mol. The molecule has 4 nitrogen and oxygen atoms in total. The second-order valence-electron chi connectivity index (χ2n) is 4.94. The third-order valence-corrected chi connectivity index (χ3v) is 3.49. The topological polar surface area (TPSA) is 36.3 Å². The minimum absolute atomic E-state index is 0.0117. The van der Waals surface area contributed by atoms with Crippen LogP contribution in [0.2, 0.25) is 0 Å². The number of halogens is 2. The highest BCUT2D eigenvalue weighted by atomic mass is 35.5. The Balaban J connectivity index is 2.55. The van der Waals surface area contributed by atoms with E-state index in [4.69, 9.17) is 21.1 Å². The van der Waals surface area contributed by atoms with Crippen molar-refractivity contribution in [1.29, 1.82) is 0 Å². The highest BCUT2D eigenvalue weighted by Crippen LogP contribution is 2.29. The van der Waals surface area contributed by atoms with E-state index in [2.05, 4.69) is 4.98 Å². The van der Waals surface area contributed by atoms with Crippen molar-refractivity contribution in [3.63, 3.8) is 0 Å². The van der Waals surface area contributed by atoms with E-state index in [-0.39, 0.29) is 17.2 Å². The standard InChI is InChI=1S/C15H20ClFN2O2/c1-5-21-9(2)8-19-13-7-14(20-4)11(17)6-12(13)18-15(19)10(3)16/h6-7,9-10H,5,8H2,1-4H3. The summed E-state index contributed by atoms with van der Waals surface area (Å²) in [7, 11) is 1.44. The summed E-state index contributed by atoms with van der Waals surface area (Å²) in [5, 5.41) is -0.278. The van der Waals surface area contributed by atoms with Crippen molar-refractivity contribution >= 4 is 22.6 Å². The van der Waals surface area contributed by atoms with E-state index in [1.54, 1.807) is 6.07 Å². The molecule has 0 aliphatic rings. The van der Waals surface area contributed by atoms with E-state index >= 15 is 0 Å². The van der Waals surface area contributed by atoms with E-state index in [0.29, 0.717) is 24.5 Å². The number of nitrogens with zero attached hydrogens (tertiary/aromatic N) is 2. The van der Waals surface area contributed by atoms with Gasteiger partial charge in [0.25, 0.3) is 0 Å². The molecule has 1 aromatic heterocycles. The normalized spacial score (nSPS) is 14.4. The highest BCUT2D eigenvalue weighted by molar-refractivity contribution is 6.20. The van der Waals surface area contributed by atoms with Crippen LogP contribution in [-0.2, 0) is 11.3 Å². The summed E-state index contributed by atoms with van der Waals surface area (Å²) in [5.41, 5.74) is 1.36. The molecule has 2 aromatic rings. The molecule has 0 fully saturated rings. The van der Waals surface area contributed by atoms with Gasteiger partial charge in [-0.15, -0.1) is 11.6 Å². The lowest BCUT2D eigenvalue weighted by Gasteiger charge is -2.16. The van der Waals surface area contributed by atoms with Crippen LogP contribution in [-0.4, -0.2) is 29.4 Å². The first-order valence-corrected chi connectivity index (χ1v) is 7.40. The summed E-state index contributed by atoms with van der Waals surface area (Å²) in [4.78, 5) is 4.44. The fourth-order valence-corrected chi connectivity index (χ4v) is 2.56. The van der Waals surface area contributed by atoms with Gasteiger partial charge in [0, 0.05) is 18.7 Å². The second kappa shape index (κ2) is 6.62. The molecule has 0 saturated heterocycles. The van der Waals surface area contributed by atoms with Crippen LogP contribution >= 0.6 is 11.6 Å². The fourth-order valence-electron chi connectivity index (χ4n) is 2.39. The van der Waals surface area contributed by atoms with Gasteiger partial charge < -0.3 is 14.0 Å². The number of rotatable bonds is 6. The predicted molar refractivity (Wildman–Crippen MR) is 81.6 cm³/mol. The zero-order valence-corrected chi connectivity index (χ0v) is 13.4. The molecule has 0 saturated carbocycles. The quantitative estimate of drug-likeness (QED) is 0.758. The van der Waals surface area contributed by atoms with Crippen LogP contribution in [0.15, 0.2) is 12.1 Å². The number of aromatic nitrogens is 2.